The summed E-state index contributed by atoms with van der Waals surface area (Å²) in [6.07, 6.45) is -0.955. The first-order chi connectivity index (χ1) is 9.97. The summed E-state index contributed by atoms with van der Waals surface area (Å²) in [6, 6.07) is 3.41. The summed E-state index contributed by atoms with van der Waals surface area (Å²) in [6.45, 7) is 1.76. The Bertz CT molecular complexity index is 721. The zero-order chi connectivity index (χ0) is 15.0. The second-order valence-electron chi connectivity index (χ2n) is 5.36. The van der Waals surface area contributed by atoms with Crippen LogP contribution in [0.4, 0.5) is 13.2 Å². The van der Waals surface area contributed by atoms with Crippen LogP contribution >= 0.6 is 12.4 Å². The van der Waals surface area contributed by atoms with E-state index in [1.165, 1.54) is 6.07 Å². The van der Waals surface area contributed by atoms with Gasteiger partial charge in [-0.15, -0.1) is 12.4 Å². The molecule has 0 saturated carbocycles. The number of piperidine rings is 1. The summed E-state index contributed by atoms with van der Waals surface area (Å²) < 4.78 is 38.3. The maximum absolute atomic E-state index is 12.8. The van der Waals surface area contributed by atoms with Crippen molar-refractivity contribution in [3.63, 3.8) is 0 Å². The molecule has 0 atom stereocenters. The van der Waals surface area contributed by atoms with E-state index >= 15 is 0 Å². The van der Waals surface area contributed by atoms with Gasteiger partial charge in [-0.2, -0.15) is 13.2 Å². The average molecular weight is 333 g/mol. The fourth-order valence-electron chi connectivity index (χ4n) is 2.93. The molecule has 0 bridgehead atoms. The Morgan fingerprint density at radius 3 is 2.41 bits per heavy atom. The van der Waals surface area contributed by atoms with Crippen LogP contribution in [0.2, 0.25) is 0 Å². The Labute approximate surface area is 131 Å². The first-order valence-electron chi connectivity index (χ1n) is 6.90. The molecular weight excluding hydrogens is 317 g/mol. The van der Waals surface area contributed by atoms with Gasteiger partial charge in [-0.3, -0.25) is 4.79 Å². The molecule has 0 amide bonds. The van der Waals surface area contributed by atoms with Crippen LogP contribution in [-0.4, -0.2) is 18.1 Å². The number of rotatable bonds is 1. The highest BCUT2D eigenvalue weighted by Crippen LogP contribution is 2.34. The molecule has 3 nitrogen and oxygen atoms in total. The van der Waals surface area contributed by atoms with Gasteiger partial charge in [0.15, 0.2) is 0 Å². The molecule has 0 spiro atoms. The monoisotopic (exact) mass is 332 g/mol. The number of fused-ring (bicyclic) bond motifs is 1. The third-order valence-corrected chi connectivity index (χ3v) is 4.04. The number of aromatic amines is 1. The zero-order valence-corrected chi connectivity index (χ0v) is 12.5. The van der Waals surface area contributed by atoms with Crippen LogP contribution in [0, 0.1) is 0 Å². The van der Waals surface area contributed by atoms with Crippen LogP contribution in [0.1, 0.15) is 29.9 Å². The van der Waals surface area contributed by atoms with Crippen molar-refractivity contribution in [3.05, 3.63) is 45.9 Å². The number of aromatic nitrogens is 1. The van der Waals surface area contributed by atoms with Crippen molar-refractivity contribution in [2.45, 2.75) is 24.9 Å². The van der Waals surface area contributed by atoms with Gasteiger partial charge in [-0.25, -0.2) is 0 Å². The zero-order valence-electron chi connectivity index (χ0n) is 11.7. The van der Waals surface area contributed by atoms with Crippen LogP contribution in [0.3, 0.4) is 0 Å². The normalized spacial score (nSPS) is 16.5. The van der Waals surface area contributed by atoms with Gasteiger partial charge in [0.2, 0.25) is 0 Å². The van der Waals surface area contributed by atoms with E-state index < -0.39 is 17.3 Å². The Hall–Kier alpha value is -1.53. The lowest BCUT2D eigenvalue weighted by Gasteiger charge is -2.24. The quantitative estimate of drug-likeness (QED) is 0.840. The lowest BCUT2D eigenvalue weighted by atomic mass is 9.88. The highest BCUT2D eigenvalue weighted by Gasteiger charge is 2.31. The molecule has 2 heterocycles. The molecule has 22 heavy (non-hydrogen) atoms. The first kappa shape index (κ1) is 16.8. The number of nitrogens with one attached hydrogen (secondary N) is 2. The molecule has 0 unspecified atom stereocenters. The smallest absolute Gasteiger partial charge is 0.328 e. The fourth-order valence-corrected chi connectivity index (χ4v) is 2.93. The lowest BCUT2D eigenvalue weighted by molar-refractivity contribution is -0.137. The Kier molecular flexibility index (Phi) is 4.82. The molecule has 7 heteroatoms. The van der Waals surface area contributed by atoms with E-state index in [1.54, 1.807) is 6.20 Å². The third kappa shape index (κ3) is 3.13. The molecule has 1 aromatic heterocycles. The van der Waals surface area contributed by atoms with Crippen LogP contribution in [-0.2, 0) is 6.18 Å². The number of alkyl halides is 3. The van der Waals surface area contributed by atoms with Crippen LogP contribution in [0.5, 0.6) is 0 Å². The topological polar surface area (TPSA) is 44.9 Å². The molecule has 0 aliphatic carbocycles. The lowest BCUT2D eigenvalue weighted by Crippen LogP contribution is -2.27. The summed E-state index contributed by atoms with van der Waals surface area (Å²) in [4.78, 5) is 14.4. The standard InChI is InChI=1S/C15H15F3N2O.ClH/c16-15(17,18)10-1-2-11-12(7-10)14(21)20-8-13(11)9-3-5-19-6-4-9;/h1-2,7-9,19H,3-6H2,(H,20,21);1H. The number of hydrogen-bond donors (Lipinski definition) is 2. The van der Waals surface area contributed by atoms with Gasteiger partial charge in [0.1, 0.15) is 0 Å². The molecule has 3 rings (SSSR count). The SMILES string of the molecule is Cl.O=c1[nH]cc(C2CCNCC2)c2ccc(C(F)(F)F)cc12. The van der Waals surface area contributed by atoms with Crippen molar-refractivity contribution in [2.75, 3.05) is 13.1 Å². The number of pyridine rings is 1. The number of hydrogen-bond acceptors (Lipinski definition) is 2. The summed E-state index contributed by atoms with van der Waals surface area (Å²) in [5.41, 5.74) is -0.337. The van der Waals surface area contributed by atoms with Crippen molar-refractivity contribution in [1.29, 1.82) is 0 Å². The van der Waals surface area contributed by atoms with E-state index in [4.69, 9.17) is 0 Å². The van der Waals surface area contributed by atoms with Gasteiger partial charge in [0, 0.05) is 11.6 Å². The summed E-state index contributed by atoms with van der Waals surface area (Å²) >= 11 is 0. The molecule has 1 aromatic carbocycles. The second-order valence-corrected chi connectivity index (χ2v) is 5.36. The van der Waals surface area contributed by atoms with Crippen molar-refractivity contribution >= 4 is 23.2 Å². The molecule has 1 aliphatic heterocycles. The van der Waals surface area contributed by atoms with E-state index in [0.717, 1.165) is 43.6 Å². The number of H-pyrrole nitrogens is 1. The molecule has 1 fully saturated rings. The maximum atomic E-state index is 12.8. The van der Waals surface area contributed by atoms with Gasteiger partial charge in [0.05, 0.1) is 5.56 Å². The largest absolute Gasteiger partial charge is 0.416 e. The molecule has 2 aromatic rings. The van der Waals surface area contributed by atoms with Gasteiger partial charge in [0.25, 0.3) is 5.56 Å². The number of benzene rings is 1. The summed E-state index contributed by atoms with van der Waals surface area (Å²) in [7, 11) is 0. The van der Waals surface area contributed by atoms with Crippen LogP contribution in [0.15, 0.2) is 29.2 Å². The molecule has 1 aliphatic rings. The van der Waals surface area contributed by atoms with E-state index in [2.05, 4.69) is 10.3 Å². The summed E-state index contributed by atoms with van der Waals surface area (Å²) in [5, 5.41) is 3.99. The fraction of sp³-hybridized carbons (Fsp3) is 0.400. The van der Waals surface area contributed by atoms with Crippen molar-refractivity contribution in [1.82, 2.24) is 10.3 Å². The first-order valence-corrected chi connectivity index (χ1v) is 6.90. The Morgan fingerprint density at radius 2 is 1.77 bits per heavy atom. The molecule has 1 saturated heterocycles. The van der Waals surface area contributed by atoms with Crippen molar-refractivity contribution < 1.29 is 13.2 Å². The average Bonchev–Trinajstić information content (AvgIpc) is 2.47. The minimum absolute atomic E-state index is 0. The predicted octanol–water partition coefficient (Wildman–Crippen LogP) is 3.44. The minimum Gasteiger partial charge on any atom is -0.328 e. The van der Waals surface area contributed by atoms with Gasteiger partial charge in [-0.05, 0) is 54.9 Å². The molecule has 120 valence electrons. The van der Waals surface area contributed by atoms with Gasteiger partial charge >= 0.3 is 6.18 Å². The third-order valence-electron chi connectivity index (χ3n) is 4.04. The van der Waals surface area contributed by atoms with Crippen LogP contribution < -0.4 is 10.9 Å². The van der Waals surface area contributed by atoms with E-state index in [0.29, 0.717) is 5.39 Å². The van der Waals surface area contributed by atoms with E-state index in [9.17, 15) is 18.0 Å². The minimum atomic E-state index is -4.44. The Morgan fingerprint density at radius 1 is 1.09 bits per heavy atom. The van der Waals surface area contributed by atoms with Gasteiger partial charge in [-0.1, -0.05) is 6.07 Å². The maximum Gasteiger partial charge on any atom is 0.416 e. The summed E-state index contributed by atoms with van der Waals surface area (Å²) in [5.74, 6) is 0.266. The van der Waals surface area contributed by atoms with Crippen molar-refractivity contribution in [2.24, 2.45) is 0 Å². The highest BCUT2D eigenvalue weighted by atomic mass is 35.5. The van der Waals surface area contributed by atoms with Crippen molar-refractivity contribution in [3.8, 4) is 0 Å². The molecular formula is C15H16ClF3N2O. The Balaban J connectivity index is 0.00000176. The van der Waals surface area contributed by atoms with E-state index in [-0.39, 0.29) is 23.7 Å². The predicted molar refractivity (Wildman–Crippen MR) is 81.7 cm³/mol. The van der Waals surface area contributed by atoms with Gasteiger partial charge < -0.3 is 10.3 Å². The highest BCUT2D eigenvalue weighted by molar-refractivity contribution is 5.86. The number of halogens is 4. The van der Waals surface area contributed by atoms with Crippen LogP contribution in [0.25, 0.3) is 10.8 Å². The second kappa shape index (κ2) is 6.30. The molecule has 2 N–H and O–H groups in total. The molecule has 0 radical (unpaired) electrons. The van der Waals surface area contributed by atoms with E-state index in [1.807, 2.05) is 0 Å².